The van der Waals surface area contributed by atoms with Crippen molar-refractivity contribution in [2.24, 2.45) is 0 Å². The predicted molar refractivity (Wildman–Crippen MR) is 81.9 cm³/mol. The molecule has 104 valence electrons. The van der Waals surface area contributed by atoms with Crippen molar-refractivity contribution in [2.45, 2.75) is 19.9 Å². The molecular weight excluding hydrogens is 248 g/mol. The van der Waals surface area contributed by atoms with Gasteiger partial charge in [-0.15, -0.1) is 0 Å². The van der Waals surface area contributed by atoms with E-state index in [1.807, 2.05) is 12.4 Å². The Morgan fingerprint density at radius 2 is 1.95 bits per heavy atom. The van der Waals surface area contributed by atoms with Gasteiger partial charge in [-0.05, 0) is 25.0 Å². The summed E-state index contributed by atoms with van der Waals surface area (Å²) >= 11 is 0. The monoisotopic (exact) mass is 268 g/mol. The van der Waals surface area contributed by atoms with Crippen LogP contribution in [0.5, 0.6) is 0 Å². The third-order valence-electron chi connectivity index (χ3n) is 3.85. The third-order valence-corrected chi connectivity index (χ3v) is 3.85. The predicted octanol–water partition coefficient (Wildman–Crippen LogP) is 2.25. The first-order chi connectivity index (χ1) is 9.75. The Hall–Kier alpha value is -1.94. The lowest BCUT2D eigenvalue weighted by molar-refractivity contribution is 0.493. The van der Waals surface area contributed by atoms with Crippen molar-refractivity contribution in [1.29, 1.82) is 0 Å². The molecule has 0 spiro atoms. The smallest absolute Gasteiger partial charge is 0.225 e. The van der Waals surface area contributed by atoms with Crippen molar-refractivity contribution in [2.75, 3.05) is 24.5 Å². The number of aromatic nitrogens is 2. The number of aryl methyl sites for hydroxylation is 1. The first-order valence-electron chi connectivity index (χ1n) is 7.11. The van der Waals surface area contributed by atoms with Crippen molar-refractivity contribution in [3.05, 3.63) is 42.2 Å². The summed E-state index contributed by atoms with van der Waals surface area (Å²) in [6.07, 6.45) is 3.86. The molecule has 1 aromatic heterocycles. The van der Waals surface area contributed by atoms with E-state index in [1.54, 1.807) is 0 Å². The highest BCUT2D eigenvalue weighted by Gasteiger charge is 2.20. The maximum Gasteiger partial charge on any atom is 0.225 e. The fourth-order valence-electron chi connectivity index (χ4n) is 2.64. The molecule has 0 radical (unpaired) electrons. The second kappa shape index (κ2) is 5.59. The van der Waals surface area contributed by atoms with Gasteiger partial charge < -0.3 is 10.2 Å². The molecule has 0 aliphatic carbocycles. The minimum absolute atomic E-state index is 0.438. The van der Waals surface area contributed by atoms with Crippen LogP contribution in [0.25, 0.3) is 11.1 Å². The molecule has 1 atom stereocenters. The van der Waals surface area contributed by atoms with Crippen molar-refractivity contribution in [3.8, 4) is 11.1 Å². The van der Waals surface area contributed by atoms with E-state index in [0.29, 0.717) is 6.04 Å². The Labute approximate surface area is 119 Å². The molecule has 1 aliphatic rings. The van der Waals surface area contributed by atoms with Crippen LogP contribution >= 0.6 is 0 Å². The second-order valence-electron chi connectivity index (χ2n) is 5.33. The van der Waals surface area contributed by atoms with E-state index in [-0.39, 0.29) is 0 Å². The molecule has 0 saturated carbocycles. The van der Waals surface area contributed by atoms with Crippen LogP contribution in [-0.2, 0) is 0 Å². The van der Waals surface area contributed by atoms with Gasteiger partial charge in [0.1, 0.15) is 0 Å². The molecule has 2 heterocycles. The Morgan fingerprint density at radius 1 is 1.20 bits per heavy atom. The Balaban J connectivity index is 1.86. The van der Waals surface area contributed by atoms with E-state index in [1.165, 1.54) is 11.1 Å². The number of hydrogen-bond acceptors (Lipinski definition) is 4. The van der Waals surface area contributed by atoms with Gasteiger partial charge in [0.25, 0.3) is 0 Å². The second-order valence-corrected chi connectivity index (χ2v) is 5.33. The summed E-state index contributed by atoms with van der Waals surface area (Å²) in [6, 6.07) is 8.77. The lowest BCUT2D eigenvalue weighted by Gasteiger charge is -2.33. The first-order valence-corrected chi connectivity index (χ1v) is 7.11. The molecule has 3 rings (SSSR count). The zero-order valence-corrected chi connectivity index (χ0v) is 12.0. The van der Waals surface area contributed by atoms with Gasteiger partial charge in [0, 0.05) is 43.6 Å². The number of anilines is 1. The van der Waals surface area contributed by atoms with Crippen molar-refractivity contribution in [1.82, 2.24) is 15.3 Å². The van der Waals surface area contributed by atoms with Gasteiger partial charge in [-0.25, -0.2) is 9.97 Å². The molecule has 0 bridgehead atoms. The average molecular weight is 268 g/mol. The van der Waals surface area contributed by atoms with E-state index in [4.69, 9.17) is 0 Å². The fraction of sp³-hybridized carbons (Fsp3) is 0.375. The Morgan fingerprint density at radius 3 is 2.65 bits per heavy atom. The number of nitrogens with one attached hydrogen (secondary N) is 1. The summed E-state index contributed by atoms with van der Waals surface area (Å²) in [5, 5.41) is 3.38. The topological polar surface area (TPSA) is 41.1 Å². The SMILES string of the molecule is Cc1ccccc1-c1cnc(N2CCNCC2C)nc1. The molecule has 1 saturated heterocycles. The van der Waals surface area contributed by atoms with E-state index >= 15 is 0 Å². The highest BCUT2D eigenvalue weighted by Crippen LogP contribution is 2.23. The van der Waals surface area contributed by atoms with E-state index in [9.17, 15) is 0 Å². The zero-order valence-electron chi connectivity index (χ0n) is 12.0. The van der Waals surface area contributed by atoms with E-state index in [0.717, 1.165) is 31.1 Å². The molecule has 4 heteroatoms. The zero-order chi connectivity index (χ0) is 13.9. The van der Waals surface area contributed by atoms with Crippen LogP contribution in [0.2, 0.25) is 0 Å². The van der Waals surface area contributed by atoms with Gasteiger partial charge in [-0.2, -0.15) is 0 Å². The Kier molecular flexibility index (Phi) is 3.65. The number of rotatable bonds is 2. The standard InChI is InChI=1S/C16H20N4/c1-12-5-3-4-6-15(12)14-10-18-16(19-11-14)20-8-7-17-9-13(20)2/h3-6,10-11,13,17H,7-9H2,1-2H3. The maximum absolute atomic E-state index is 4.56. The van der Waals surface area contributed by atoms with Crippen LogP contribution in [-0.4, -0.2) is 35.6 Å². The van der Waals surface area contributed by atoms with Gasteiger partial charge in [0.15, 0.2) is 0 Å². The molecule has 0 amide bonds. The van der Waals surface area contributed by atoms with Gasteiger partial charge in [-0.3, -0.25) is 0 Å². The lowest BCUT2D eigenvalue weighted by Crippen LogP contribution is -2.50. The quantitative estimate of drug-likeness (QED) is 0.907. The molecular formula is C16H20N4. The van der Waals surface area contributed by atoms with Gasteiger partial charge in [0.2, 0.25) is 5.95 Å². The third kappa shape index (κ3) is 2.51. The summed E-state index contributed by atoms with van der Waals surface area (Å²) < 4.78 is 0. The number of nitrogens with zero attached hydrogens (tertiary/aromatic N) is 3. The van der Waals surface area contributed by atoms with Crippen LogP contribution in [0.4, 0.5) is 5.95 Å². The first kappa shape index (κ1) is 13.1. The van der Waals surface area contributed by atoms with Gasteiger partial charge in [0.05, 0.1) is 0 Å². The summed E-state index contributed by atoms with van der Waals surface area (Å²) in [7, 11) is 0. The molecule has 1 fully saturated rings. The molecule has 1 aromatic carbocycles. The fourth-order valence-corrected chi connectivity index (χ4v) is 2.64. The van der Waals surface area contributed by atoms with Crippen LogP contribution in [0.1, 0.15) is 12.5 Å². The summed E-state index contributed by atoms with van der Waals surface area (Å²) in [5.74, 6) is 0.830. The minimum Gasteiger partial charge on any atom is -0.336 e. The summed E-state index contributed by atoms with van der Waals surface area (Å²) in [6.45, 7) is 7.26. The van der Waals surface area contributed by atoms with Gasteiger partial charge >= 0.3 is 0 Å². The molecule has 1 N–H and O–H groups in total. The highest BCUT2D eigenvalue weighted by molar-refractivity contribution is 5.65. The lowest BCUT2D eigenvalue weighted by atomic mass is 10.0. The number of piperazine rings is 1. The normalized spacial score (nSPS) is 19.1. The number of benzene rings is 1. The summed E-state index contributed by atoms with van der Waals surface area (Å²) in [4.78, 5) is 11.4. The average Bonchev–Trinajstić information content (AvgIpc) is 2.49. The van der Waals surface area contributed by atoms with Crippen molar-refractivity contribution >= 4 is 5.95 Å². The van der Waals surface area contributed by atoms with Crippen molar-refractivity contribution < 1.29 is 0 Å². The van der Waals surface area contributed by atoms with Crippen LogP contribution < -0.4 is 10.2 Å². The van der Waals surface area contributed by atoms with Crippen LogP contribution in [0, 0.1) is 6.92 Å². The molecule has 20 heavy (non-hydrogen) atoms. The number of hydrogen-bond donors (Lipinski definition) is 1. The largest absolute Gasteiger partial charge is 0.336 e. The molecule has 4 nitrogen and oxygen atoms in total. The van der Waals surface area contributed by atoms with Crippen LogP contribution in [0.3, 0.4) is 0 Å². The molecule has 1 aliphatic heterocycles. The van der Waals surface area contributed by atoms with Crippen molar-refractivity contribution in [3.63, 3.8) is 0 Å². The molecule has 1 unspecified atom stereocenters. The Bertz CT molecular complexity index is 579. The van der Waals surface area contributed by atoms with Gasteiger partial charge in [-0.1, -0.05) is 24.3 Å². The summed E-state index contributed by atoms with van der Waals surface area (Å²) in [5.41, 5.74) is 3.53. The molecule has 2 aromatic rings. The van der Waals surface area contributed by atoms with E-state index < -0.39 is 0 Å². The highest BCUT2D eigenvalue weighted by atomic mass is 15.3. The van der Waals surface area contributed by atoms with Crippen LogP contribution in [0.15, 0.2) is 36.7 Å². The van der Waals surface area contributed by atoms with E-state index in [2.05, 4.69) is 58.3 Å². The maximum atomic E-state index is 4.56. The minimum atomic E-state index is 0.438.